The van der Waals surface area contributed by atoms with Gasteiger partial charge in [-0.2, -0.15) is 0 Å². The van der Waals surface area contributed by atoms with E-state index in [1.807, 2.05) is 11.4 Å². The smallest absolute Gasteiger partial charge is 0.262 e. The number of halogens is 2. The Morgan fingerprint density at radius 1 is 1.28 bits per heavy atom. The van der Waals surface area contributed by atoms with E-state index in [1.54, 1.807) is 12.1 Å². The minimum Gasteiger partial charge on any atom is -0.351 e. The first-order valence-corrected chi connectivity index (χ1v) is 7.10. The van der Waals surface area contributed by atoms with E-state index >= 15 is 0 Å². The van der Waals surface area contributed by atoms with Crippen LogP contribution in [-0.4, -0.2) is 12.5 Å². The molecule has 5 heteroatoms. The molecule has 0 fully saturated rings. The van der Waals surface area contributed by atoms with Gasteiger partial charge in [-0.15, -0.1) is 11.3 Å². The number of nitrogens with one attached hydrogen (secondary N) is 1. The SMILES string of the molecule is O=C(NCCc1ccc(F)cc1)c1sccc1Br. The highest BCUT2D eigenvalue weighted by molar-refractivity contribution is 9.10. The van der Waals surface area contributed by atoms with Crippen molar-refractivity contribution < 1.29 is 9.18 Å². The summed E-state index contributed by atoms with van der Waals surface area (Å²) in [4.78, 5) is 12.5. The van der Waals surface area contributed by atoms with E-state index in [0.29, 0.717) is 17.8 Å². The number of carbonyl (C=O) groups excluding carboxylic acids is 1. The summed E-state index contributed by atoms with van der Waals surface area (Å²) in [6.07, 6.45) is 0.689. The zero-order valence-corrected chi connectivity index (χ0v) is 11.9. The van der Waals surface area contributed by atoms with Gasteiger partial charge in [-0.05, 0) is 51.5 Å². The first-order chi connectivity index (χ1) is 8.66. The first-order valence-electron chi connectivity index (χ1n) is 5.42. The summed E-state index contributed by atoms with van der Waals surface area (Å²) in [6, 6.07) is 8.14. The van der Waals surface area contributed by atoms with Crippen molar-refractivity contribution in [2.75, 3.05) is 6.54 Å². The molecule has 1 aromatic heterocycles. The number of hydrogen-bond donors (Lipinski definition) is 1. The predicted octanol–water partition coefficient (Wildman–Crippen LogP) is 3.62. The molecule has 2 rings (SSSR count). The van der Waals surface area contributed by atoms with Gasteiger partial charge in [0.15, 0.2) is 0 Å². The summed E-state index contributed by atoms with van der Waals surface area (Å²) in [5.41, 5.74) is 1.00. The van der Waals surface area contributed by atoms with Crippen LogP contribution in [0.1, 0.15) is 15.2 Å². The van der Waals surface area contributed by atoms with Gasteiger partial charge in [0.25, 0.3) is 5.91 Å². The molecule has 1 aromatic carbocycles. The lowest BCUT2D eigenvalue weighted by Crippen LogP contribution is -2.25. The summed E-state index contributed by atoms with van der Waals surface area (Å²) in [5, 5.41) is 4.70. The van der Waals surface area contributed by atoms with Crippen LogP contribution in [0.3, 0.4) is 0 Å². The van der Waals surface area contributed by atoms with Crippen LogP contribution in [0.15, 0.2) is 40.2 Å². The van der Waals surface area contributed by atoms with Crippen molar-refractivity contribution in [2.45, 2.75) is 6.42 Å². The molecule has 0 spiro atoms. The fourth-order valence-corrected chi connectivity index (χ4v) is 2.98. The van der Waals surface area contributed by atoms with E-state index in [1.165, 1.54) is 23.5 Å². The van der Waals surface area contributed by atoms with Crippen molar-refractivity contribution in [3.05, 3.63) is 56.4 Å². The Balaban J connectivity index is 1.84. The molecular weight excluding hydrogens is 317 g/mol. The van der Waals surface area contributed by atoms with Gasteiger partial charge in [-0.1, -0.05) is 12.1 Å². The van der Waals surface area contributed by atoms with E-state index in [0.717, 1.165) is 10.0 Å². The molecule has 2 nitrogen and oxygen atoms in total. The highest BCUT2D eigenvalue weighted by Crippen LogP contribution is 2.22. The normalized spacial score (nSPS) is 10.3. The van der Waals surface area contributed by atoms with Gasteiger partial charge < -0.3 is 5.32 Å². The zero-order chi connectivity index (χ0) is 13.0. The van der Waals surface area contributed by atoms with E-state index < -0.39 is 0 Å². The molecule has 1 N–H and O–H groups in total. The average Bonchev–Trinajstić information content (AvgIpc) is 2.78. The summed E-state index contributed by atoms with van der Waals surface area (Å²) in [7, 11) is 0. The second kappa shape index (κ2) is 6.11. The van der Waals surface area contributed by atoms with E-state index in [4.69, 9.17) is 0 Å². The molecule has 0 bridgehead atoms. The molecule has 0 atom stereocenters. The zero-order valence-electron chi connectivity index (χ0n) is 9.45. The van der Waals surface area contributed by atoms with E-state index in [2.05, 4.69) is 21.2 Å². The molecule has 0 aliphatic carbocycles. The Morgan fingerprint density at radius 2 is 2.00 bits per heavy atom. The van der Waals surface area contributed by atoms with Crippen LogP contribution in [0.5, 0.6) is 0 Å². The molecule has 0 aliphatic heterocycles. The van der Waals surface area contributed by atoms with Crippen molar-refractivity contribution in [3.63, 3.8) is 0 Å². The number of hydrogen-bond acceptors (Lipinski definition) is 2. The predicted molar refractivity (Wildman–Crippen MR) is 74.5 cm³/mol. The van der Waals surface area contributed by atoms with Gasteiger partial charge in [-0.25, -0.2) is 4.39 Å². The van der Waals surface area contributed by atoms with Crippen molar-refractivity contribution in [1.82, 2.24) is 5.32 Å². The Bertz CT molecular complexity index is 538. The fraction of sp³-hybridized carbons (Fsp3) is 0.154. The van der Waals surface area contributed by atoms with Crippen LogP contribution in [0.25, 0.3) is 0 Å². The molecule has 18 heavy (non-hydrogen) atoms. The van der Waals surface area contributed by atoms with Crippen LogP contribution in [0.2, 0.25) is 0 Å². The molecule has 0 saturated heterocycles. The summed E-state index contributed by atoms with van der Waals surface area (Å²) in [5.74, 6) is -0.329. The van der Waals surface area contributed by atoms with Crippen LogP contribution in [0.4, 0.5) is 4.39 Å². The van der Waals surface area contributed by atoms with Gasteiger partial charge in [0.05, 0.1) is 0 Å². The summed E-state index contributed by atoms with van der Waals surface area (Å²) in [6.45, 7) is 0.537. The highest BCUT2D eigenvalue weighted by atomic mass is 79.9. The maximum atomic E-state index is 12.7. The maximum absolute atomic E-state index is 12.7. The first kappa shape index (κ1) is 13.2. The summed E-state index contributed by atoms with van der Waals surface area (Å²) >= 11 is 4.72. The van der Waals surface area contributed by atoms with Crippen molar-refractivity contribution in [3.8, 4) is 0 Å². The van der Waals surface area contributed by atoms with E-state index in [9.17, 15) is 9.18 Å². The molecular formula is C13H11BrFNOS. The third-order valence-electron chi connectivity index (χ3n) is 2.44. The largest absolute Gasteiger partial charge is 0.351 e. The van der Waals surface area contributed by atoms with Gasteiger partial charge in [-0.3, -0.25) is 4.79 Å². The molecule has 0 aliphatic rings. The fourth-order valence-electron chi connectivity index (χ4n) is 1.51. The van der Waals surface area contributed by atoms with Crippen molar-refractivity contribution in [1.29, 1.82) is 0 Å². The van der Waals surface area contributed by atoms with Crippen LogP contribution in [0, 0.1) is 5.82 Å². The molecule has 0 radical (unpaired) electrons. The van der Waals surface area contributed by atoms with Crippen molar-refractivity contribution in [2.24, 2.45) is 0 Å². The standard InChI is InChI=1S/C13H11BrFNOS/c14-11-6-8-18-12(11)13(17)16-7-5-9-1-3-10(15)4-2-9/h1-4,6,8H,5,7H2,(H,16,17). The lowest BCUT2D eigenvalue weighted by Gasteiger charge is -2.04. The van der Waals surface area contributed by atoms with Crippen LogP contribution in [-0.2, 0) is 6.42 Å². The minimum absolute atomic E-state index is 0.0843. The van der Waals surface area contributed by atoms with Crippen LogP contribution >= 0.6 is 27.3 Å². The number of thiophene rings is 1. The molecule has 0 saturated carbocycles. The Morgan fingerprint density at radius 3 is 2.61 bits per heavy atom. The summed E-state index contributed by atoms with van der Waals surface area (Å²) < 4.78 is 13.5. The van der Waals surface area contributed by atoms with Gasteiger partial charge in [0.2, 0.25) is 0 Å². The topological polar surface area (TPSA) is 29.1 Å². The van der Waals surface area contributed by atoms with Gasteiger partial charge >= 0.3 is 0 Å². The van der Waals surface area contributed by atoms with Gasteiger partial charge in [0.1, 0.15) is 10.7 Å². The molecule has 2 aromatic rings. The molecule has 1 amide bonds. The third-order valence-corrected chi connectivity index (χ3v) is 4.27. The van der Waals surface area contributed by atoms with Crippen LogP contribution < -0.4 is 5.32 Å². The number of carbonyl (C=O) groups is 1. The molecule has 0 unspecified atom stereocenters. The second-order valence-corrected chi connectivity index (χ2v) is 5.50. The maximum Gasteiger partial charge on any atom is 0.262 e. The Labute approximate surface area is 117 Å². The minimum atomic E-state index is -0.245. The Kier molecular flexibility index (Phi) is 4.49. The third kappa shape index (κ3) is 3.40. The number of rotatable bonds is 4. The van der Waals surface area contributed by atoms with Gasteiger partial charge in [0, 0.05) is 11.0 Å². The Hall–Kier alpha value is -1.20. The average molecular weight is 328 g/mol. The number of benzene rings is 1. The second-order valence-electron chi connectivity index (χ2n) is 3.73. The van der Waals surface area contributed by atoms with E-state index in [-0.39, 0.29) is 11.7 Å². The highest BCUT2D eigenvalue weighted by Gasteiger charge is 2.10. The molecule has 94 valence electrons. The molecule has 1 heterocycles. The monoisotopic (exact) mass is 327 g/mol. The van der Waals surface area contributed by atoms with Crippen molar-refractivity contribution >= 4 is 33.2 Å². The lowest BCUT2D eigenvalue weighted by molar-refractivity contribution is 0.0957. The quantitative estimate of drug-likeness (QED) is 0.912. The lowest BCUT2D eigenvalue weighted by atomic mass is 10.1. The number of amides is 1.